The largest absolute Gasteiger partial charge is 0.463 e. The molecule has 2 fully saturated rings. The van der Waals surface area contributed by atoms with Crippen LogP contribution in [0, 0.1) is 5.92 Å². The molecular formula is C23H28N2O3S. The lowest BCUT2D eigenvalue weighted by atomic mass is 9.79. The Hall–Kier alpha value is -2.05. The van der Waals surface area contributed by atoms with Crippen LogP contribution in [0.2, 0.25) is 0 Å². The monoisotopic (exact) mass is 412 g/mol. The Morgan fingerprint density at radius 1 is 1.28 bits per heavy atom. The van der Waals surface area contributed by atoms with Crippen molar-refractivity contribution in [2.45, 2.75) is 58.2 Å². The third-order valence-corrected chi connectivity index (χ3v) is 6.95. The van der Waals surface area contributed by atoms with E-state index in [-0.39, 0.29) is 12.0 Å². The number of hydrogen-bond donors (Lipinski definition) is 1. The first-order valence-corrected chi connectivity index (χ1v) is 11.3. The third kappa shape index (κ3) is 4.01. The highest BCUT2D eigenvalue weighted by atomic mass is 32.2. The summed E-state index contributed by atoms with van der Waals surface area (Å²) in [6, 6.07) is 9.80. The van der Waals surface area contributed by atoms with Gasteiger partial charge in [-0.05, 0) is 44.2 Å². The minimum atomic E-state index is -0.802. The van der Waals surface area contributed by atoms with Crippen molar-refractivity contribution in [1.82, 2.24) is 4.90 Å². The van der Waals surface area contributed by atoms with E-state index < -0.39 is 6.23 Å². The van der Waals surface area contributed by atoms with Crippen molar-refractivity contribution in [3.8, 4) is 0 Å². The molecule has 5 nitrogen and oxygen atoms in total. The van der Waals surface area contributed by atoms with Crippen molar-refractivity contribution in [1.29, 1.82) is 0 Å². The highest BCUT2D eigenvalue weighted by molar-refractivity contribution is 8.17. The molecule has 3 aliphatic rings. The van der Waals surface area contributed by atoms with Crippen LogP contribution in [-0.4, -0.2) is 40.0 Å². The molecule has 0 amide bonds. The van der Waals surface area contributed by atoms with Crippen LogP contribution in [0.25, 0.3) is 6.08 Å². The van der Waals surface area contributed by atoms with Gasteiger partial charge in [0.05, 0.1) is 23.9 Å². The first-order valence-electron chi connectivity index (χ1n) is 10.5. The van der Waals surface area contributed by atoms with E-state index in [1.807, 2.05) is 55.2 Å². The summed E-state index contributed by atoms with van der Waals surface area (Å²) >= 11 is 1.50. The van der Waals surface area contributed by atoms with Crippen LogP contribution in [0.15, 0.2) is 51.5 Å². The highest BCUT2D eigenvalue weighted by Crippen LogP contribution is 2.45. The SMILES string of the molecule is CCOC(=O)C1=C(C)N=C2S/C(=C/c3ccccc3)C(O)N2C1C1CCCCC1. The van der Waals surface area contributed by atoms with E-state index in [2.05, 4.69) is 0 Å². The number of fused-ring (bicyclic) bond motifs is 1. The molecule has 29 heavy (non-hydrogen) atoms. The zero-order valence-electron chi connectivity index (χ0n) is 17.0. The summed E-state index contributed by atoms with van der Waals surface area (Å²) in [5.74, 6) is 0.0102. The summed E-state index contributed by atoms with van der Waals surface area (Å²) < 4.78 is 5.38. The number of allylic oxidation sites excluding steroid dienone is 1. The maximum Gasteiger partial charge on any atom is 0.337 e. The maximum atomic E-state index is 12.9. The topological polar surface area (TPSA) is 62.1 Å². The molecule has 1 aromatic rings. The Morgan fingerprint density at radius 2 is 2.00 bits per heavy atom. The first kappa shape index (κ1) is 20.2. The molecule has 1 N–H and O–H groups in total. The fourth-order valence-electron chi connectivity index (χ4n) is 4.57. The molecular weight excluding hydrogens is 384 g/mol. The molecule has 0 radical (unpaired) electrons. The van der Waals surface area contributed by atoms with Crippen LogP contribution in [0.3, 0.4) is 0 Å². The van der Waals surface area contributed by atoms with Crippen LogP contribution in [0.4, 0.5) is 0 Å². The van der Waals surface area contributed by atoms with E-state index >= 15 is 0 Å². The molecule has 1 saturated heterocycles. The van der Waals surface area contributed by atoms with Gasteiger partial charge in [0.1, 0.15) is 0 Å². The van der Waals surface area contributed by atoms with E-state index in [0.717, 1.165) is 41.3 Å². The third-order valence-electron chi connectivity index (χ3n) is 5.90. The van der Waals surface area contributed by atoms with Gasteiger partial charge >= 0.3 is 5.97 Å². The van der Waals surface area contributed by atoms with Gasteiger partial charge in [-0.15, -0.1) is 0 Å². The fourth-order valence-corrected chi connectivity index (χ4v) is 5.69. The Balaban J connectivity index is 1.72. The van der Waals surface area contributed by atoms with E-state index in [1.54, 1.807) is 0 Å². The molecule has 2 atom stereocenters. The molecule has 1 saturated carbocycles. The summed E-state index contributed by atoms with van der Waals surface area (Å²) in [4.78, 5) is 20.3. The summed E-state index contributed by atoms with van der Waals surface area (Å²) in [7, 11) is 0. The molecule has 0 bridgehead atoms. The van der Waals surface area contributed by atoms with Gasteiger partial charge < -0.3 is 14.7 Å². The number of aliphatic hydroxyl groups is 1. The van der Waals surface area contributed by atoms with Gasteiger partial charge in [0.25, 0.3) is 0 Å². The lowest BCUT2D eigenvalue weighted by molar-refractivity contribution is -0.139. The average molecular weight is 413 g/mol. The Labute approximate surface area is 176 Å². The molecule has 6 heteroatoms. The minimum Gasteiger partial charge on any atom is -0.463 e. The van der Waals surface area contributed by atoms with Gasteiger partial charge in [-0.25, -0.2) is 9.79 Å². The van der Waals surface area contributed by atoms with Crippen molar-refractivity contribution in [3.63, 3.8) is 0 Å². The number of hydrogen-bond acceptors (Lipinski definition) is 6. The van der Waals surface area contributed by atoms with Gasteiger partial charge in [0.2, 0.25) is 0 Å². The number of ether oxygens (including phenoxy) is 1. The molecule has 4 rings (SSSR count). The van der Waals surface area contributed by atoms with Crippen LogP contribution in [0.1, 0.15) is 51.5 Å². The van der Waals surface area contributed by atoms with Gasteiger partial charge in [-0.1, -0.05) is 61.4 Å². The Bertz CT molecular complexity index is 856. The smallest absolute Gasteiger partial charge is 0.337 e. The van der Waals surface area contributed by atoms with E-state index in [0.29, 0.717) is 23.8 Å². The van der Waals surface area contributed by atoms with E-state index in [1.165, 1.54) is 18.2 Å². The van der Waals surface area contributed by atoms with Crippen LogP contribution in [0.5, 0.6) is 0 Å². The van der Waals surface area contributed by atoms with Crippen molar-refractivity contribution >= 4 is 29.0 Å². The number of amidine groups is 1. The first-order chi connectivity index (χ1) is 14.1. The number of carbonyl (C=O) groups excluding carboxylic acids is 1. The normalized spacial score (nSPS) is 26.5. The Kier molecular flexibility index (Phi) is 6.11. The molecule has 2 unspecified atom stereocenters. The van der Waals surface area contributed by atoms with Crippen LogP contribution in [-0.2, 0) is 9.53 Å². The molecule has 2 heterocycles. The van der Waals surface area contributed by atoms with Crippen molar-refractivity contribution in [2.24, 2.45) is 10.9 Å². The van der Waals surface area contributed by atoms with Gasteiger partial charge in [-0.3, -0.25) is 0 Å². The van der Waals surface area contributed by atoms with E-state index in [9.17, 15) is 9.90 Å². The summed E-state index contributed by atoms with van der Waals surface area (Å²) in [5, 5.41) is 12.0. The number of esters is 1. The van der Waals surface area contributed by atoms with Crippen LogP contribution < -0.4 is 0 Å². The van der Waals surface area contributed by atoms with E-state index in [4.69, 9.17) is 9.73 Å². The zero-order chi connectivity index (χ0) is 20.4. The maximum absolute atomic E-state index is 12.9. The van der Waals surface area contributed by atoms with Gasteiger partial charge in [0.15, 0.2) is 11.4 Å². The standard InChI is InChI=1S/C23H28N2O3S/c1-3-28-22(27)19-15(2)24-23-25(20(19)17-12-8-5-9-13-17)21(26)18(29-23)14-16-10-6-4-7-11-16/h4,6-7,10-11,14,17,20-21,26H,3,5,8-9,12-13H2,1-2H3/b18-14+. The highest BCUT2D eigenvalue weighted by Gasteiger charge is 2.47. The second kappa shape index (κ2) is 8.76. The average Bonchev–Trinajstić information content (AvgIpc) is 3.03. The lowest BCUT2D eigenvalue weighted by Crippen LogP contribution is -2.51. The second-order valence-electron chi connectivity index (χ2n) is 7.80. The zero-order valence-corrected chi connectivity index (χ0v) is 17.8. The number of thioether (sulfide) groups is 1. The molecule has 0 aromatic heterocycles. The van der Waals surface area contributed by atoms with Crippen molar-refractivity contribution < 1.29 is 14.6 Å². The number of aliphatic hydroxyl groups excluding tert-OH is 1. The summed E-state index contributed by atoms with van der Waals surface area (Å²) in [5.41, 5.74) is 2.37. The minimum absolute atomic E-state index is 0.189. The summed E-state index contributed by atoms with van der Waals surface area (Å²) in [6.07, 6.45) is 6.87. The quantitative estimate of drug-likeness (QED) is 0.735. The predicted octanol–water partition coefficient (Wildman–Crippen LogP) is 4.55. The van der Waals surface area contributed by atoms with Crippen molar-refractivity contribution in [3.05, 3.63) is 52.1 Å². The van der Waals surface area contributed by atoms with Crippen LogP contribution >= 0.6 is 11.8 Å². The second-order valence-corrected chi connectivity index (χ2v) is 8.84. The lowest BCUT2D eigenvalue weighted by Gasteiger charge is -2.41. The number of nitrogens with zero attached hydrogens (tertiary/aromatic N) is 2. The number of aliphatic imine (C=N–C) groups is 1. The molecule has 2 aliphatic heterocycles. The predicted molar refractivity (Wildman–Crippen MR) is 117 cm³/mol. The number of rotatable bonds is 4. The fraction of sp³-hybridized carbons (Fsp3) is 0.478. The molecule has 154 valence electrons. The molecule has 0 spiro atoms. The Morgan fingerprint density at radius 3 is 2.69 bits per heavy atom. The molecule has 1 aromatic carbocycles. The number of carbonyl (C=O) groups is 1. The van der Waals surface area contributed by atoms with Gasteiger partial charge in [-0.2, -0.15) is 0 Å². The summed E-state index contributed by atoms with van der Waals surface area (Å²) in [6.45, 7) is 4.04. The molecule has 1 aliphatic carbocycles. The van der Waals surface area contributed by atoms with Gasteiger partial charge in [0, 0.05) is 4.91 Å². The van der Waals surface area contributed by atoms with Crippen molar-refractivity contribution in [2.75, 3.05) is 6.61 Å². The number of benzene rings is 1.